The Kier molecular flexibility index (Phi) is 4.95. The molecule has 2 rings (SSSR count). The van der Waals surface area contributed by atoms with Crippen molar-refractivity contribution in [3.8, 4) is 0 Å². The lowest BCUT2D eigenvalue weighted by molar-refractivity contribution is 0.578. The number of imidazole rings is 1. The number of benzene rings is 1. The molecule has 1 N–H and O–H groups in total. The van der Waals surface area contributed by atoms with E-state index in [4.69, 9.17) is 0 Å². The Balaban J connectivity index is 2.08. The third-order valence-corrected chi connectivity index (χ3v) is 4.80. The number of rotatable bonds is 6. The molecule has 0 unspecified atom stereocenters. The first kappa shape index (κ1) is 15.2. The molecule has 1 aromatic carbocycles. The molecule has 0 aliphatic rings. The van der Waals surface area contributed by atoms with Crippen molar-refractivity contribution in [1.82, 2.24) is 14.3 Å². The summed E-state index contributed by atoms with van der Waals surface area (Å²) in [5, 5.41) is 0.796. The van der Waals surface area contributed by atoms with Crippen LogP contribution in [0.5, 0.6) is 0 Å². The van der Waals surface area contributed by atoms with Crippen LogP contribution in [0, 0.1) is 0 Å². The molecule has 5 nitrogen and oxygen atoms in total. The van der Waals surface area contributed by atoms with Gasteiger partial charge in [0.15, 0.2) is 5.03 Å². The summed E-state index contributed by atoms with van der Waals surface area (Å²) in [6.07, 6.45) is 3.04. The van der Waals surface area contributed by atoms with E-state index in [1.807, 2.05) is 31.2 Å². The van der Waals surface area contributed by atoms with Crippen LogP contribution in [0.3, 0.4) is 0 Å². The van der Waals surface area contributed by atoms with Gasteiger partial charge in [0.1, 0.15) is 0 Å². The van der Waals surface area contributed by atoms with Crippen LogP contribution in [0.1, 0.15) is 18.1 Å². The quantitative estimate of drug-likeness (QED) is 0.806. The van der Waals surface area contributed by atoms with Gasteiger partial charge in [0.2, 0.25) is 0 Å². The molecular formula is C13H16BrN3O2S. The predicted octanol–water partition coefficient (Wildman–Crippen LogP) is 2.28. The van der Waals surface area contributed by atoms with Gasteiger partial charge in [-0.3, -0.25) is 0 Å². The van der Waals surface area contributed by atoms with E-state index in [1.165, 1.54) is 12.5 Å². The number of nitrogens with one attached hydrogen (secondary N) is 1. The summed E-state index contributed by atoms with van der Waals surface area (Å²) >= 11 is 3.38. The van der Waals surface area contributed by atoms with Gasteiger partial charge in [-0.1, -0.05) is 40.2 Å². The van der Waals surface area contributed by atoms with E-state index in [0.29, 0.717) is 6.54 Å². The van der Waals surface area contributed by atoms with Crippen molar-refractivity contribution in [3.63, 3.8) is 0 Å². The van der Waals surface area contributed by atoms with Gasteiger partial charge in [0.05, 0.1) is 6.33 Å². The molecular weight excluding hydrogens is 342 g/mol. The lowest BCUT2D eigenvalue weighted by atomic mass is 10.1. The lowest BCUT2D eigenvalue weighted by Crippen LogP contribution is -2.23. The minimum absolute atomic E-state index is 0.0518. The highest BCUT2D eigenvalue weighted by Gasteiger charge is 2.16. The highest BCUT2D eigenvalue weighted by Crippen LogP contribution is 2.10. The largest absolute Gasteiger partial charge is 0.336 e. The smallest absolute Gasteiger partial charge is 0.259 e. The Morgan fingerprint density at radius 2 is 2.10 bits per heavy atom. The fourth-order valence-electron chi connectivity index (χ4n) is 1.73. The van der Waals surface area contributed by atoms with Gasteiger partial charge in [0.25, 0.3) is 10.0 Å². The third kappa shape index (κ3) is 3.68. The molecule has 0 radical (unpaired) electrons. The third-order valence-electron chi connectivity index (χ3n) is 2.86. The highest BCUT2D eigenvalue weighted by molar-refractivity contribution is 9.08. The molecule has 0 saturated carbocycles. The molecule has 1 heterocycles. The standard InChI is InChI=1S/C13H16BrN3O2S/c1-2-17-9-13(15-10-17)20(18,19)16-8-12-5-3-4-11(6-12)7-14/h3-6,9-10,16H,2,7-8H2,1H3. The zero-order valence-electron chi connectivity index (χ0n) is 11.1. The fourth-order valence-corrected chi connectivity index (χ4v) is 3.04. The van der Waals surface area contributed by atoms with Crippen LogP contribution in [-0.4, -0.2) is 18.0 Å². The molecule has 0 aliphatic carbocycles. The van der Waals surface area contributed by atoms with E-state index >= 15 is 0 Å². The number of sulfonamides is 1. The number of alkyl halides is 1. The number of halogens is 1. The molecule has 20 heavy (non-hydrogen) atoms. The molecule has 108 valence electrons. The van der Waals surface area contributed by atoms with Crippen molar-refractivity contribution in [2.24, 2.45) is 0 Å². The molecule has 1 aromatic heterocycles. The highest BCUT2D eigenvalue weighted by atomic mass is 79.9. The average Bonchev–Trinajstić information content (AvgIpc) is 2.95. The monoisotopic (exact) mass is 357 g/mol. The maximum Gasteiger partial charge on any atom is 0.259 e. The van der Waals surface area contributed by atoms with Crippen molar-refractivity contribution >= 4 is 26.0 Å². The molecule has 0 saturated heterocycles. The molecule has 0 aliphatic heterocycles. The van der Waals surface area contributed by atoms with Crippen LogP contribution in [0.15, 0.2) is 41.8 Å². The second-order valence-electron chi connectivity index (χ2n) is 4.32. The summed E-state index contributed by atoms with van der Waals surface area (Å²) in [5.74, 6) is 0. The van der Waals surface area contributed by atoms with Crippen molar-refractivity contribution < 1.29 is 8.42 Å². The van der Waals surface area contributed by atoms with Gasteiger partial charge in [-0.2, -0.15) is 0 Å². The van der Waals surface area contributed by atoms with E-state index in [1.54, 1.807) is 4.57 Å². The van der Waals surface area contributed by atoms with Gasteiger partial charge >= 0.3 is 0 Å². The number of hydrogen-bond donors (Lipinski definition) is 1. The number of nitrogens with zero attached hydrogens (tertiary/aromatic N) is 2. The molecule has 0 fully saturated rings. The Bertz CT molecular complexity index is 682. The topological polar surface area (TPSA) is 64.0 Å². The van der Waals surface area contributed by atoms with Crippen LogP contribution in [-0.2, 0) is 28.4 Å². The molecule has 0 atom stereocenters. The molecule has 2 aromatic rings. The summed E-state index contributed by atoms with van der Waals surface area (Å²) in [7, 11) is -3.56. The Labute approximate surface area is 127 Å². The van der Waals surface area contributed by atoms with Crippen molar-refractivity contribution in [1.29, 1.82) is 0 Å². The minimum atomic E-state index is -3.56. The van der Waals surface area contributed by atoms with Crippen LogP contribution < -0.4 is 4.72 Å². The van der Waals surface area contributed by atoms with Crippen LogP contribution in [0.2, 0.25) is 0 Å². The summed E-state index contributed by atoms with van der Waals surface area (Å²) in [5.41, 5.74) is 2.03. The average molecular weight is 358 g/mol. The zero-order valence-corrected chi connectivity index (χ0v) is 13.5. The van der Waals surface area contributed by atoms with E-state index in [2.05, 4.69) is 25.6 Å². The second-order valence-corrected chi connectivity index (χ2v) is 6.60. The van der Waals surface area contributed by atoms with E-state index in [0.717, 1.165) is 16.5 Å². The minimum Gasteiger partial charge on any atom is -0.336 e. The van der Waals surface area contributed by atoms with Crippen molar-refractivity contribution in [2.45, 2.75) is 30.4 Å². The number of aryl methyl sites for hydroxylation is 1. The SMILES string of the molecule is CCn1cnc(S(=O)(=O)NCc2cccc(CBr)c2)c1. The van der Waals surface area contributed by atoms with Gasteiger partial charge in [-0.05, 0) is 18.1 Å². The summed E-state index contributed by atoms with van der Waals surface area (Å²) in [6.45, 7) is 2.87. The molecule has 0 bridgehead atoms. The maximum absolute atomic E-state index is 12.1. The molecule has 0 amide bonds. The fraction of sp³-hybridized carbons (Fsp3) is 0.308. The first-order valence-corrected chi connectivity index (χ1v) is 8.81. The number of hydrogen-bond acceptors (Lipinski definition) is 3. The predicted molar refractivity (Wildman–Crippen MR) is 81.0 cm³/mol. The number of aromatic nitrogens is 2. The van der Waals surface area contributed by atoms with Crippen molar-refractivity contribution in [3.05, 3.63) is 47.9 Å². The normalized spacial score (nSPS) is 11.7. The van der Waals surface area contributed by atoms with Crippen LogP contribution >= 0.6 is 15.9 Å². The van der Waals surface area contributed by atoms with E-state index < -0.39 is 10.0 Å². The van der Waals surface area contributed by atoms with Gasteiger partial charge < -0.3 is 4.57 Å². The Hall–Kier alpha value is -1.18. The van der Waals surface area contributed by atoms with Gasteiger partial charge in [-0.25, -0.2) is 18.1 Å². The zero-order chi connectivity index (χ0) is 14.6. The lowest BCUT2D eigenvalue weighted by Gasteiger charge is -2.05. The Morgan fingerprint density at radius 1 is 1.35 bits per heavy atom. The maximum atomic E-state index is 12.1. The van der Waals surface area contributed by atoms with Crippen LogP contribution in [0.4, 0.5) is 0 Å². The first-order chi connectivity index (χ1) is 9.55. The van der Waals surface area contributed by atoms with Crippen molar-refractivity contribution in [2.75, 3.05) is 0 Å². The Morgan fingerprint density at radius 3 is 2.75 bits per heavy atom. The van der Waals surface area contributed by atoms with Gasteiger partial charge in [-0.15, -0.1) is 0 Å². The van der Waals surface area contributed by atoms with E-state index in [-0.39, 0.29) is 11.6 Å². The molecule has 0 spiro atoms. The summed E-state index contributed by atoms with van der Waals surface area (Å²) in [6, 6.07) is 7.74. The first-order valence-electron chi connectivity index (χ1n) is 6.20. The van der Waals surface area contributed by atoms with Gasteiger partial charge in [0, 0.05) is 24.6 Å². The second kappa shape index (κ2) is 6.51. The van der Waals surface area contributed by atoms with E-state index in [9.17, 15) is 8.42 Å². The molecule has 7 heteroatoms. The summed E-state index contributed by atoms with van der Waals surface area (Å²) in [4.78, 5) is 3.91. The summed E-state index contributed by atoms with van der Waals surface area (Å²) < 4.78 is 28.5. The van der Waals surface area contributed by atoms with Crippen LogP contribution in [0.25, 0.3) is 0 Å².